The highest BCUT2D eigenvalue weighted by Crippen LogP contribution is 2.33. The van der Waals surface area contributed by atoms with Gasteiger partial charge in [-0.3, -0.25) is 0 Å². The molecular formula is C20H19F3N2O4. The third kappa shape index (κ3) is 4.94. The molecule has 2 N–H and O–H groups in total. The second kappa shape index (κ2) is 9.24. The Bertz CT molecular complexity index is 953. The number of nitrogens with zero attached hydrogens (tertiary/aromatic N) is 1. The van der Waals surface area contributed by atoms with Gasteiger partial charge in [-0.1, -0.05) is 41.6 Å². The number of hydrogen-bond donors (Lipinski definition) is 1. The number of carbonyl (C=O) groups is 1. The number of esters is 1. The van der Waals surface area contributed by atoms with Crippen LogP contribution >= 0.6 is 0 Å². The summed E-state index contributed by atoms with van der Waals surface area (Å²) >= 11 is 0. The molecule has 29 heavy (non-hydrogen) atoms. The summed E-state index contributed by atoms with van der Waals surface area (Å²) in [5.74, 6) is 4.74. The molecule has 9 heteroatoms. The summed E-state index contributed by atoms with van der Waals surface area (Å²) in [6, 6.07) is 11.2. The number of nitrogens with two attached hydrogens (primary N) is 1. The van der Waals surface area contributed by atoms with Crippen molar-refractivity contribution in [2.75, 3.05) is 14.2 Å². The summed E-state index contributed by atoms with van der Waals surface area (Å²) in [4.78, 5) is 21.8. The Kier molecular flexibility index (Phi) is 7.00. The molecule has 0 spiro atoms. The van der Waals surface area contributed by atoms with Crippen LogP contribution in [0.5, 0.6) is 0 Å². The fraction of sp³-hybridized carbons (Fsp3) is 0.200. The van der Waals surface area contributed by atoms with Crippen LogP contribution in [0.1, 0.15) is 29.2 Å². The van der Waals surface area contributed by atoms with Crippen LogP contribution < -0.4 is 5.90 Å². The number of halogens is 3. The third-order valence-electron chi connectivity index (χ3n) is 4.07. The van der Waals surface area contributed by atoms with Gasteiger partial charge in [0.25, 0.3) is 0 Å². The van der Waals surface area contributed by atoms with Crippen LogP contribution in [-0.4, -0.2) is 25.9 Å². The lowest BCUT2D eigenvalue weighted by Gasteiger charge is -2.16. The summed E-state index contributed by atoms with van der Waals surface area (Å²) in [5.41, 5.74) is 0.206. The SMILES string of the molecule is CO/N=C(/C(=O)OC)c1ccccc1/C(ON)=C(/C)c1cccc(C(F)(F)F)c1. The normalized spacial score (nSPS) is 12.9. The molecule has 2 rings (SSSR count). The Morgan fingerprint density at radius 1 is 1.03 bits per heavy atom. The maximum Gasteiger partial charge on any atom is 0.416 e. The fourth-order valence-electron chi connectivity index (χ4n) is 2.69. The molecule has 0 aromatic heterocycles. The van der Waals surface area contributed by atoms with Crippen LogP contribution in [0, 0.1) is 0 Å². The molecule has 0 amide bonds. The maximum absolute atomic E-state index is 13.1. The van der Waals surface area contributed by atoms with E-state index < -0.39 is 17.7 Å². The highest BCUT2D eigenvalue weighted by atomic mass is 19.4. The van der Waals surface area contributed by atoms with Gasteiger partial charge in [-0.2, -0.15) is 19.1 Å². The molecule has 0 fully saturated rings. The molecule has 2 aromatic rings. The highest BCUT2D eigenvalue weighted by molar-refractivity contribution is 6.43. The Hall–Kier alpha value is -3.33. The number of methoxy groups -OCH3 is 1. The van der Waals surface area contributed by atoms with Gasteiger partial charge in [0.15, 0.2) is 11.5 Å². The van der Waals surface area contributed by atoms with E-state index in [4.69, 9.17) is 20.3 Å². The lowest BCUT2D eigenvalue weighted by molar-refractivity contribution is -0.137. The Morgan fingerprint density at radius 3 is 2.24 bits per heavy atom. The van der Waals surface area contributed by atoms with E-state index in [9.17, 15) is 18.0 Å². The zero-order valence-electron chi connectivity index (χ0n) is 15.9. The van der Waals surface area contributed by atoms with Gasteiger partial charge >= 0.3 is 12.1 Å². The summed E-state index contributed by atoms with van der Waals surface area (Å²) < 4.78 is 43.9. The first-order chi connectivity index (χ1) is 13.7. The van der Waals surface area contributed by atoms with Crippen molar-refractivity contribution in [1.29, 1.82) is 0 Å². The van der Waals surface area contributed by atoms with Gasteiger partial charge in [-0.15, -0.1) is 0 Å². The van der Waals surface area contributed by atoms with Crippen molar-refractivity contribution in [2.24, 2.45) is 11.1 Å². The molecule has 0 heterocycles. The monoisotopic (exact) mass is 408 g/mol. The van der Waals surface area contributed by atoms with Crippen molar-refractivity contribution in [2.45, 2.75) is 13.1 Å². The topological polar surface area (TPSA) is 83.1 Å². The van der Waals surface area contributed by atoms with Gasteiger partial charge in [0, 0.05) is 16.7 Å². The van der Waals surface area contributed by atoms with Gasteiger partial charge in [0.1, 0.15) is 7.11 Å². The lowest BCUT2D eigenvalue weighted by Crippen LogP contribution is -2.20. The number of allylic oxidation sites excluding steroid dienone is 1. The molecule has 0 saturated carbocycles. The van der Waals surface area contributed by atoms with E-state index in [2.05, 4.69) is 5.16 Å². The van der Waals surface area contributed by atoms with E-state index in [1.54, 1.807) is 31.2 Å². The van der Waals surface area contributed by atoms with Crippen molar-refractivity contribution in [3.05, 3.63) is 70.8 Å². The number of alkyl halides is 3. The molecule has 0 atom stereocenters. The molecule has 0 radical (unpaired) electrons. The zero-order valence-corrected chi connectivity index (χ0v) is 15.9. The van der Waals surface area contributed by atoms with Gasteiger partial charge in [0.05, 0.1) is 12.7 Å². The summed E-state index contributed by atoms with van der Waals surface area (Å²) in [5, 5.41) is 3.70. The van der Waals surface area contributed by atoms with Gasteiger partial charge < -0.3 is 14.4 Å². The van der Waals surface area contributed by atoms with E-state index in [1.165, 1.54) is 26.4 Å². The quantitative estimate of drug-likeness (QED) is 0.257. The van der Waals surface area contributed by atoms with Crippen LogP contribution in [0.25, 0.3) is 11.3 Å². The molecule has 0 unspecified atom stereocenters. The minimum atomic E-state index is -4.50. The van der Waals surface area contributed by atoms with Crippen LogP contribution in [0.2, 0.25) is 0 Å². The van der Waals surface area contributed by atoms with Crippen LogP contribution in [0.3, 0.4) is 0 Å². The number of benzene rings is 2. The van der Waals surface area contributed by atoms with Crippen LogP contribution in [-0.2, 0) is 25.4 Å². The smallest absolute Gasteiger partial charge is 0.416 e. The number of rotatable bonds is 6. The number of hydrogen-bond acceptors (Lipinski definition) is 6. The second-order valence-electron chi connectivity index (χ2n) is 5.81. The van der Waals surface area contributed by atoms with Crippen LogP contribution in [0.15, 0.2) is 53.7 Å². The molecular weight excluding hydrogens is 389 g/mol. The molecule has 154 valence electrons. The minimum Gasteiger partial charge on any atom is -0.464 e. The van der Waals surface area contributed by atoms with Crippen LogP contribution in [0.4, 0.5) is 13.2 Å². The third-order valence-corrected chi connectivity index (χ3v) is 4.07. The van der Waals surface area contributed by atoms with Gasteiger partial charge in [-0.05, 0) is 24.6 Å². The van der Waals surface area contributed by atoms with Crippen molar-refractivity contribution < 1.29 is 32.4 Å². The predicted octanol–water partition coefficient (Wildman–Crippen LogP) is 4.01. The summed E-state index contributed by atoms with van der Waals surface area (Å²) in [7, 11) is 2.44. The average Bonchev–Trinajstić information content (AvgIpc) is 2.72. The van der Waals surface area contributed by atoms with E-state index in [0.29, 0.717) is 11.1 Å². The first-order valence-electron chi connectivity index (χ1n) is 8.29. The van der Waals surface area contributed by atoms with E-state index in [1.807, 2.05) is 0 Å². The van der Waals surface area contributed by atoms with Crippen molar-refractivity contribution >= 4 is 23.0 Å². The fourth-order valence-corrected chi connectivity index (χ4v) is 2.69. The molecule has 0 aliphatic carbocycles. The standard InChI is InChI=1S/C20H19F3N2O4/c1-12(13-7-6-8-14(11-13)20(21,22)23)18(29-24)16-10-5-4-9-15(16)17(25-28-3)19(26)27-2/h4-11H,24H2,1-3H3/b18-12+,25-17+. The van der Waals surface area contributed by atoms with Crippen molar-refractivity contribution in [3.8, 4) is 0 Å². The Labute approximate surface area is 165 Å². The van der Waals surface area contributed by atoms with E-state index in [-0.39, 0.29) is 22.6 Å². The van der Waals surface area contributed by atoms with E-state index >= 15 is 0 Å². The molecule has 0 aliphatic heterocycles. The lowest BCUT2D eigenvalue weighted by atomic mass is 9.96. The first-order valence-corrected chi connectivity index (χ1v) is 8.29. The summed E-state index contributed by atoms with van der Waals surface area (Å²) in [6.07, 6.45) is -4.50. The molecule has 0 aliphatic rings. The van der Waals surface area contributed by atoms with Crippen molar-refractivity contribution in [1.82, 2.24) is 0 Å². The Morgan fingerprint density at radius 2 is 1.69 bits per heavy atom. The highest BCUT2D eigenvalue weighted by Gasteiger charge is 2.31. The molecule has 0 saturated heterocycles. The largest absolute Gasteiger partial charge is 0.464 e. The van der Waals surface area contributed by atoms with E-state index in [0.717, 1.165) is 12.1 Å². The molecule has 0 bridgehead atoms. The Balaban J connectivity index is 2.69. The van der Waals surface area contributed by atoms with Gasteiger partial charge in [0.2, 0.25) is 0 Å². The van der Waals surface area contributed by atoms with Crippen molar-refractivity contribution in [3.63, 3.8) is 0 Å². The number of ether oxygens (including phenoxy) is 1. The molecule has 2 aromatic carbocycles. The zero-order chi connectivity index (χ0) is 21.6. The number of oxime groups is 1. The minimum absolute atomic E-state index is 0.0626. The first kappa shape index (κ1) is 22.0. The second-order valence-corrected chi connectivity index (χ2v) is 5.81. The van der Waals surface area contributed by atoms with Gasteiger partial charge in [-0.25, -0.2) is 4.79 Å². The summed E-state index contributed by atoms with van der Waals surface area (Å²) in [6.45, 7) is 1.56. The molecule has 6 nitrogen and oxygen atoms in total. The predicted molar refractivity (Wildman–Crippen MR) is 101 cm³/mol. The average molecular weight is 408 g/mol. The maximum atomic E-state index is 13.1. The number of carbonyl (C=O) groups excluding carboxylic acids is 1.